The average Bonchev–Trinajstić information content (AvgIpc) is 2.75. The molecule has 0 atom stereocenters. The van der Waals surface area contributed by atoms with Gasteiger partial charge in [-0.05, 0) is 42.3 Å². The summed E-state index contributed by atoms with van der Waals surface area (Å²) < 4.78 is 31.8. The molecule has 5 nitrogen and oxygen atoms in total. The summed E-state index contributed by atoms with van der Waals surface area (Å²) in [7, 11) is -2.02. The molecular formula is C16H14ClNO4S. The fraction of sp³-hybridized carbons (Fsp3) is 0.188. The van der Waals surface area contributed by atoms with Crippen molar-refractivity contribution >= 4 is 32.5 Å². The van der Waals surface area contributed by atoms with Crippen LogP contribution in [0.15, 0.2) is 50.5 Å². The van der Waals surface area contributed by atoms with Gasteiger partial charge in [0.1, 0.15) is 0 Å². The number of halogens is 1. The molecule has 23 heavy (non-hydrogen) atoms. The summed E-state index contributed by atoms with van der Waals surface area (Å²) >= 11 is 5.82. The lowest BCUT2D eigenvalue weighted by atomic mass is 10.2. The molecule has 0 saturated carbocycles. The quantitative estimate of drug-likeness (QED) is 0.727. The third-order valence-electron chi connectivity index (χ3n) is 3.69. The highest BCUT2D eigenvalue weighted by Crippen LogP contribution is 2.25. The summed E-state index contributed by atoms with van der Waals surface area (Å²) in [5.74, 6) is -0.658. The Morgan fingerprint density at radius 3 is 2.48 bits per heavy atom. The van der Waals surface area contributed by atoms with E-state index < -0.39 is 15.6 Å². The van der Waals surface area contributed by atoms with Crippen LogP contribution < -0.4 is 5.76 Å². The Morgan fingerprint density at radius 1 is 1.17 bits per heavy atom. The number of aromatic nitrogens is 1. The van der Waals surface area contributed by atoms with Crippen molar-refractivity contribution in [1.82, 2.24) is 4.57 Å². The van der Waals surface area contributed by atoms with Gasteiger partial charge in [-0.15, -0.1) is 0 Å². The molecule has 7 heteroatoms. The van der Waals surface area contributed by atoms with Crippen molar-refractivity contribution in [2.75, 3.05) is 0 Å². The second-order valence-electron chi connectivity index (χ2n) is 5.40. The Bertz CT molecular complexity index is 1050. The number of rotatable bonds is 3. The van der Waals surface area contributed by atoms with Crippen molar-refractivity contribution in [2.45, 2.75) is 17.6 Å². The summed E-state index contributed by atoms with van der Waals surface area (Å²) in [5.41, 5.74) is 2.02. The van der Waals surface area contributed by atoms with Crippen molar-refractivity contribution in [2.24, 2.45) is 7.05 Å². The van der Waals surface area contributed by atoms with Gasteiger partial charge in [0.15, 0.2) is 15.4 Å². The number of nitrogens with zero attached hydrogens (tertiary/aromatic N) is 1. The Morgan fingerprint density at radius 2 is 1.83 bits per heavy atom. The minimum Gasteiger partial charge on any atom is -0.408 e. The highest BCUT2D eigenvalue weighted by Gasteiger charge is 2.20. The lowest BCUT2D eigenvalue weighted by molar-refractivity contribution is 0.528. The van der Waals surface area contributed by atoms with Gasteiger partial charge in [-0.1, -0.05) is 23.7 Å². The molecule has 0 fully saturated rings. The zero-order valence-electron chi connectivity index (χ0n) is 12.5. The van der Waals surface area contributed by atoms with Crippen LogP contribution in [0.5, 0.6) is 0 Å². The van der Waals surface area contributed by atoms with E-state index in [1.54, 1.807) is 44.3 Å². The van der Waals surface area contributed by atoms with Gasteiger partial charge in [-0.3, -0.25) is 4.57 Å². The molecule has 0 aliphatic rings. The van der Waals surface area contributed by atoms with E-state index in [1.807, 2.05) is 0 Å². The summed E-state index contributed by atoms with van der Waals surface area (Å²) in [4.78, 5) is 11.8. The molecule has 0 unspecified atom stereocenters. The van der Waals surface area contributed by atoms with Gasteiger partial charge in [0, 0.05) is 12.1 Å². The van der Waals surface area contributed by atoms with Gasteiger partial charge in [-0.25, -0.2) is 13.2 Å². The topological polar surface area (TPSA) is 69.3 Å². The first-order valence-corrected chi connectivity index (χ1v) is 8.88. The maximum atomic E-state index is 12.7. The average molecular weight is 352 g/mol. The number of hydrogen-bond donors (Lipinski definition) is 0. The summed E-state index contributed by atoms with van der Waals surface area (Å²) in [5, 5.41) is 0.553. The standard InChI is InChI=1S/C16H14ClNO4S/c1-10-7-14-13(18(2)16(19)22-14)8-15(10)23(20,21)9-11-3-5-12(17)6-4-11/h3-8H,9H2,1-2H3. The molecule has 0 spiro atoms. The van der Waals surface area contributed by atoms with E-state index in [1.165, 1.54) is 10.6 Å². The predicted molar refractivity (Wildman–Crippen MR) is 88.5 cm³/mol. The monoisotopic (exact) mass is 351 g/mol. The molecule has 0 N–H and O–H groups in total. The smallest absolute Gasteiger partial charge is 0.408 e. The fourth-order valence-corrected chi connectivity index (χ4v) is 4.22. The van der Waals surface area contributed by atoms with Crippen LogP contribution in [0.1, 0.15) is 11.1 Å². The van der Waals surface area contributed by atoms with Crippen LogP contribution in [0.3, 0.4) is 0 Å². The molecule has 3 rings (SSSR count). The largest absolute Gasteiger partial charge is 0.419 e. The van der Waals surface area contributed by atoms with E-state index in [2.05, 4.69) is 0 Å². The second-order valence-corrected chi connectivity index (χ2v) is 7.79. The van der Waals surface area contributed by atoms with Crippen molar-refractivity contribution in [1.29, 1.82) is 0 Å². The van der Waals surface area contributed by atoms with Crippen LogP contribution in [-0.2, 0) is 22.6 Å². The molecule has 0 radical (unpaired) electrons. The summed E-state index contributed by atoms with van der Waals surface area (Å²) in [6, 6.07) is 9.74. The lowest BCUT2D eigenvalue weighted by Crippen LogP contribution is -2.10. The number of oxazole rings is 1. The van der Waals surface area contributed by atoms with Gasteiger partial charge in [0.2, 0.25) is 0 Å². The molecule has 0 aliphatic heterocycles. The Labute approximate surface area is 138 Å². The van der Waals surface area contributed by atoms with Crippen LogP contribution in [0, 0.1) is 6.92 Å². The van der Waals surface area contributed by atoms with Gasteiger partial charge < -0.3 is 4.42 Å². The minimum atomic E-state index is -3.56. The number of fused-ring (bicyclic) bond motifs is 1. The summed E-state index contributed by atoms with van der Waals surface area (Å²) in [6.07, 6.45) is 0. The van der Waals surface area contributed by atoms with Gasteiger partial charge >= 0.3 is 5.76 Å². The molecular weight excluding hydrogens is 338 g/mol. The number of hydrogen-bond acceptors (Lipinski definition) is 4. The predicted octanol–water partition coefficient (Wildman–Crippen LogP) is 3.07. The van der Waals surface area contributed by atoms with E-state index in [9.17, 15) is 13.2 Å². The number of sulfone groups is 1. The third-order valence-corrected chi connectivity index (χ3v) is 5.77. The molecule has 0 bridgehead atoms. The molecule has 0 amide bonds. The van der Waals surface area contributed by atoms with E-state index in [-0.39, 0.29) is 10.6 Å². The molecule has 3 aromatic rings. The van der Waals surface area contributed by atoms with Crippen molar-refractivity contribution in [3.63, 3.8) is 0 Å². The Hall–Kier alpha value is -2.05. The van der Waals surface area contributed by atoms with E-state index in [0.717, 1.165) is 0 Å². The Kier molecular flexibility index (Phi) is 3.82. The summed E-state index contributed by atoms with van der Waals surface area (Å²) in [6.45, 7) is 1.68. The Balaban J connectivity index is 2.10. The molecule has 1 heterocycles. The first kappa shape index (κ1) is 15.8. The highest BCUT2D eigenvalue weighted by atomic mass is 35.5. The molecule has 0 saturated heterocycles. The van der Waals surface area contributed by atoms with Gasteiger partial charge in [0.25, 0.3) is 0 Å². The minimum absolute atomic E-state index is 0.137. The van der Waals surface area contributed by atoms with Crippen LogP contribution in [0.2, 0.25) is 5.02 Å². The first-order valence-electron chi connectivity index (χ1n) is 6.85. The van der Waals surface area contributed by atoms with E-state index >= 15 is 0 Å². The highest BCUT2D eigenvalue weighted by molar-refractivity contribution is 7.90. The van der Waals surface area contributed by atoms with Crippen LogP contribution in [0.4, 0.5) is 0 Å². The molecule has 2 aromatic carbocycles. The van der Waals surface area contributed by atoms with Crippen LogP contribution >= 0.6 is 11.6 Å². The SMILES string of the molecule is Cc1cc2oc(=O)n(C)c2cc1S(=O)(=O)Cc1ccc(Cl)cc1. The molecule has 0 aliphatic carbocycles. The van der Waals surface area contributed by atoms with E-state index in [0.29, 0.717) is 27.2 Å². The van der Waals surface area contributed by atoms with Crippen molar-refractivity contribution in [3.05, 3.63) is 63.1 Å². The van der Waals surface area contributed by atoms with Crippen molar-refractivity contribution < 1.29 is 12.8 Å². The maximum absolute atomic E-state index is 12.7. The van der Waals surface area contributed by atoms with E-state index in [4.69, 9.17) is 16.0 Å². The second kappa shape index (κ2) is 5.54. The van der Waals surface area contributed by atoms with Crippen LogP contribution in [0.25, 0.3) is 11.1 Å². The van der Waals surface area contributed by atoms with Gasteiger partial charge in [-0.2, -0.15) is 0 Å². The van der Waals surface area contributed by atoms with Crippen LogP contribution in [-0.4, -0.2) is 13.0 Å². The maximum Gasteiger partial charge on any atom is 0.419 e. The zero-order chi connectivity index (χ0) is 16.8. The number of aryl methyl sites for hydroxylation is 2. The normalized spacial score (nSPS) is 12.0. The molecule has 120 valence electrons. The fourth-order valence-electron chi connectivity index (χ4n) is 2.47. The third kappa shape index (κ3) is 2.92. The zero-order valence-corrected chi connectivity index (χ0v) is 14.1. The van der Waals surface area contributed by atoms with Gasteiger partial charge in [0.05, 0.1) is 16.2 Å². The van der Waals surface area contributed by atoms with Crippen molar-refractivity contribution in [3.8, 4) is 0 Å². The number of benzene rings is 2. The lowest BCUT2D eigenvalue weighted by Gasteiger charge is -2.08. The molecule has 1 aromatic heterocycles. The first-order chi connectivity index (χ1) is 10.8.